The molecule has 0 bridgehead atoms. The van der Waals surface area contributed by atoms with E-state index in [2.05, 4.69) is 16.9 Å². The van der Waals surface area contributed by atoms with E-state index >= 15 is 0 Å². The second kappa shape index (κ2) is 5.73. The van der Waals surface area contributed by atoms with E-state index < -0.39 is 0 Å². The lowest BCUT2D eigenvalue weighted by Gasteiger charge is -2.07. The maximum Gasteiger partial charge on any atom is 0.178 e. The molecule has 5 nitrogen and oxygen atoms in total. The molecule has 0 saturated carbocycles. The summed E-state index contributed by atoms with van der Waals surface area (Å²) in [6, 6.07) is 6.00. The molecule has 2 heterocycles. The fraction of sp³-hybridized carbons (Fsp3) is 0.333. The molecule has 1 aromatic carbocycles. The predicted octanol–water partition coefficient (Wildman–Crippen LogP) is 3.27. The monoisotopic (exact) mass is 302 g/mol. The summed E-state index contributed by atoms with van der Waals surface area (Å²) in [5.41, 5.74) is 1.99. The first-order valence-electron chi connectivity index (χ1n) is 7.01. The van der Waals surface area contributed by atoms with Crippen molar-refractivity contribution in [3.63, 3.8) is 0 Å². The molecule has 0 aliphatic heterocycles. The molecule has 6 heteroatoms. The summed E-state index contributed by atoms with van der Waals surface area (Å²) in [5, 5.41) is 0. The number of nitrogens with one attached hydrogen (secondary N) is 1. The van der Waals surface area contributed by atoms with Crippen molar-refractivity contribution in [3.05, 3.63) is 41.2 Å². The maximum atomic E-state index is 5.78. The molecule has 0 unspecified atom stereocenters. The van der Waals surface area contributed by atoms with Crippen LogP contribution < -0.4 is 4.74 Å². The topological polar surface area (TPSA) is 47.8 Å². The van der Waals surface area contributed by atoms with Gasteiger partial charge in [-0.2, -0.15) is 0 Å². The van der Waals surface area contributed by atoms with Gasteiger partial charge in [0.15, 0.2) is 4.77 Å². The Kier molecular flexibility index (Phi) is 3.79. The molecule has 3 rings (SSSR count). The van der Waals surface area contributed by atoms with Crippen LogP contribution >= 0.6 is 12.2 Å². The zero-order valence-corrected chi connectivity index (χ0v) is 13.0. The number of para-hydroxylation sites is 1. The molecule has 1 N–H and O–H groups in total. The Morgan fingerprint density at radius 3 is 2.95 bits per heavy atom. The second-order valence-corrected chi connectivity index (χ2v) is 5.36. The van der Waals surface area contributed by atoms with Crippen molar-refractivity contribution in [1.29, 1.82) is 0 Å². The Balaban J connectivity index is 2.05. The third-order valence-electron chi connectivity index (χ3n) is 3.45. The molecule has 0 fully saturated rings. The fourth-order valence-corrected chi connectivity index (χ4v) is 2.60. The highest BCUT2D eigenvalue weighted by Gasteiger charge is 2.11. The Bertz CT molecular complexity index is 815. The lowest BCUT2D eigenvalue weighted by Crippen LogP contribution is -2.05. The van der Waals surface area contributed by atoms with E-state index in [4.69, 9.17) is 17.0 Å². The number of aromatic nitrogens is 4. The van der Waals surface area contributed by atoms with E-state index in [0.29, 0.717) is 17.9 Å². The zero-order valence-electron chi connectivity index (χ0n) is 12.2. The quantitative estimate of drug-likeness (QED) is 0.736. The highest BCUT2D eigenvalue weighted by Crippen LogP contribution is 2.25. The van der Waals surface area contributed by atoms with Crippen molar-refractivity contribution in [2.75, 3.05) is 6.61 Å². The number of imidazole rings is 2. The first-order chi connectivity index (χ1) is 10.2. The van der Waals surface area contributed by atoms with Crippen LogP contribution in [0.25, 0.3) is 11.0 Å². The molecule has 2 aromatic heterocycles. The lowest BCUT2D eigenvalue weighted by atomic mass is 10.3. The number of H-pyrrole nitrogens is 1. The standard InChI is InChI=1S/C15H18N4OS/c1-3-9-20-12-6-4-5-11-14(12)17-15(21)19(11)10-13-16-7-8-18(13)2/h4-8H,3,9-10H2,1-2H3,(H,17,21). The molecular weight excluding hydrogens is 284 g/mol. The van der Waals surface area contributed by atoms with Gasteiger partial charge < -0.3 is 18.9 Å². The van der Waals surface area contributed by atoms with Crippen LogP contribution in [-0.2, 0) is 13.6 Å². The number of rotatable bonds is 5. The average molecular weight is 302 g/mol. The third-order valence-corrected chi connectivity index (χ3v) is 3.78. The predicted molar refractivity (Wildman–Crippen MR) is 85.2 cm³/mol. The van der Waals surface area contributed by atoms with E-state index in [9.17, 15) is 0 Å². The van der Waals surface area contributed by atoms with E-state index in [1.54, 1.807) is 6.20 Å². The van der Waals surface area contributed by atoms with Gasteiger partial charge in [-0.25, -0.2) is 4.98 Å². The van der Waals surface area contributed by atoms with Gasteiger partial charge in [0.2, 0.25) is 0 Å². The first kappa shape index (κ1) is 13.9. The minimum absolute atomic E-state index is 0.638. The van der Waals surface area contributed by atoms with E-state index in [1.807, 2.05) is 40.6 Å². The minimum Gasteiger partial charge on any atom is -0.491 e. The lowest BCUT2D eigenvalue weighted by molar-refractivity contribution is 0.320. The first-order valence-corrected chi connectivity index (χ1v) is 7.42. The van der Waals surface area contributed by atoms with Gasteiger partial charge in [0, 0.05) is 19.4 Å². The van der Waals surface area contributed by atoms with Gasteiger partial charge in [0.25, 0.3) is 0 Å². The number of ether oxygens (including phenoxy) is 1. The van der Waals surface area contributed by atoms with Gasteiger partial charge in [-0.3, -0.25) is 0 Å². The van der Waals surface area contributed by atoms with Crippen molar-refractivity contribution in [2.24, 2.45) is 7.05 Å². The Labute approximate surface area is 128 Å². The number of fused-ring (bicyclic) bond motifs is 1. The molecule has 0 aliphatic rings. The Morgan fingerprint density at radius 1 is 1.38 bits per heavy atom. The van der Waals surface area contributed by atoms with E-state index in [1.165, 1.54) is 0 Å². The van der Waals surface area contributed by atoms with Gasteiger partial charge in [-0.1, -0.05) is 13.0 Å². The number of hydrogen-bond acceptors (Lipinski definition) is 3. The number of nitrogens with zero attached hydrogens (tertiary/aromatic N) is 3. The normalized spacial score (nSPS) is 11.1. The molecular formula is C15H18N4OS. The van der Waals surface area contributed by atoms with Crippen molar-refractivity contribution in [1.82, 2.24) is 19.1 Å². The van der Waals surface area contributed by atoms with Gasteiger partial charge in [-0.05, 0) is 30.8 Å². The fourth-order valence-electron chi connectivity index (χ4n) is 2.33. The number of hydrogen-bond donors (Lipinski definition) is 1. The number of benzene rings is 1. The number of aryl methyl sites for hydroxylation is 1. The van der Waals surface area contributed by atoms with Crippen molar-refractivity contribution < 1.29 is 4.74 Å². The van der Waals surface area contributed by atoms with Crippen molar-refractivity contribution in [3.8, 4) is 5.75 Å². The molecule has 0 atom stereocenters. The molecule has 0 aliphatic carbocycles. The molecule has 0 amide bonds. The summed E-state index contributed by atoms with van der Waals surface area (Å²) < 4.78 is 10.5. The molecule has 0 radical (unpaired) electrons. The highest BCUT2D eigenvalue weighted by atomic mass is 32.1. The van der Waals surface area contributed by atoms with Crippen molar-refractivity contribution in [2.45, 2.75) is 19.9 Å². The van der Waals surface area contributed by atoms with E-state index in [0.717, 1.165) is 29.0 Å². The van der Waals surface area contributed by atoms with E-state index in [-0.39, 0.29) is 0 Å². The largest absolute Gasteiger partial charge is 0.491 e. The molecule has 0 spiro atoms. The van der Waals surface area contributed by atoms with Crippen LogP contribution in [0.3, 0.4) is 0 Å². The molecule has 3 aromatic rings. The summed E-state index contributed by atoms with van der Waals surface area (Å²) in [5.74, 6) is 1.81. The zero-order chi connectivity index (χ0) is 14.8. The Hall–Kier alpha value is -2.08. The smallest absolute Gasteiger partial charge is 0.178 e. The van der Waals surface area contributed by atoms with Crippen LogP contribution in [0.5, 0.6) is 5.75 Å². The summed E-state index contributed by atoms with van der Waals surface area (Å²) >= 11 is 5.46. The van der Waals surface area contributed by atoms with Gasteiger partial charge in [0.1, 0.15) is 17.1 Å². The Morgan fingerprint density at radius 2 is 2.24 bits per heavy atom. The summed E-state index contributed by atoms with van der Waals surface area (Å²) in [4.78, 5) is 7.61. The van der Waals surface area contributed by atoms with Crippen LogP contribution in [-0.4, -0.2) is 25.7 Å². The van der Waals surface area contributed by atoms with Crippen LogP contribution in [0.1, 0.15) is 19.2 Å². The molecule has 21 heavy (non-hydrogen) atoms. The van der Waals surface area contributed by atoms with Gasteiger partial charge in [0.05, 0.1) is 18.7 Å². The molecule has 110 valence electrons. The second-order valence-electron chi connectivity index (χ2n) is 4.97. The number of aromatic amines is 1. The third kappa shape index (κ3) is 2.58. The van der Waals surface area contributed by atoms with Crippen LogP contribution in [0.2, 0.25) is 0 Å². The van der Waals surface area contributed by atoms with Gasteiger partial charge >= 0.3 is 0 Å². The summed E-state index contributed by atoms with van der Waals surface area (Å²) in [7, 11) is 1.98. The molecule has 0 saturated heterocycles. The minimum atomic E-state index is 0.638. The average Bonchev–Trinajstić information content (AvgIpc) is 3.02. The SMILES string of the molecule is CCCOc1cccc2c1[nH]c(=S)n2Cc1nccn1C. The maximum absolute atomic E-state index is 5.78. The summed E-state index contributed by atoms with van der Waals surface area (Å²) in [6.45, 7) is 3.43. The van der Waals surface area contributed by atoms with Crippen LogP contribution in [0.4, 0.5) is 0 Å². The van der Waals surface area contributed by atoms with Crippen LogP contribution in [0, 0.1) is 4.77 Å². The van der Waals surface area contributed by atoms with Crippen LogP contribution in [0.15, 0.2) is 30.6 Å². The van der Waals surface area contributed by atoms with Crippen molar-refractivity contribution >= 4 is 23.3 Å². The highest BCUT2D eigenvalue weighted by molar-refractivity contribution is 7.71. The summed E-state index contributed by atoms with van der Waals surface area (Å²) in [6.07, 6.45) is 4.71. The van der Waals surface area contributed by atoms with Gasteiger partial charge in [-0.15, -0.1) is 0 Å².